The summed E-state index contributed by atoms with van der Waals surface area (Å²) < 4.78 is 4.15. The number of hydrogen-bond donors (Lipinski definition) is 4. The van der Waals surface area contributed by atoms with E-state index in [2.05, 4.69) is 4.74 Å². The second-order valence-electron chi connectivity index (χ2n) is 1.57. The highest BCUT2D eigenvalue weighted by molar-refractivity contribution is 5.36. The Labute approximate surface area is 77.4 Å². The van der Waals surface area contributed by atoms with E-state index in [0.717, 1.165) is 7.11 Å². The highest BCUT2D eigenvalue weighted by Gasteiger charge is 1.93. The van der Waals surface area contributed by atoms with E-state index in [1.807, 2.05) is 0 Å². The molecule has 0 fully saturated rings. The van der Waals surface area contributed by atoms with Crippen LogP contribution in [-0.4, -0.2) is 59.9 Å². The molecule has 13 heavy (non-hydrogen) atoms. The molecule has 0 saturated carbocycles. The molecule has 6 nitrogen and oxygen atoms in total. The number of aliphatic hydroxyl groups is 4. The van der Waals surface area contributed by atoms with Crippen LogP contribution in [0.15, 0.2) is 0 Å². The SMILES string of the molecule is CCOC=O.CO.OCC(O)CO. The van der Waals surface area contributed by atoms with Gasteiger partial charge in [0.15, 0.2) is 0 Å². The lowest BCUT2D eigenvalue weighted by Gasteiger charge is -1.96. The van der Waals surface area contributed by atoms with Gasteiger partial charge in [-0.25, -0.2) is 0 Å². The van der Waals surface area contributed by atoms with Crippen molar-refractivity contribution in [3.8, 4) is 0 Å². The Balaban J connectivity index is -0.000000131. The molecule has 82 valence electrons. The van der Waals surface area contributed by atoms with Crippen LogP contribution in [-0.2, 0) is 9.53 Å². The third-order valence-electron chi connectivity index (χ3n) is 0.656. The summed E-state index contributed by atoms with van der Waals surface area (Å²) in [6, 6.07) is 0. The van der Waals surface area contributed by atoms with Crippen molar-refractivity contribution in [2.24, 2.45) is 0 Å². The molecule has 0 radical (unpaired) electrons. The van der Waals surface area contributed by atoms with E-state index in [1.165, 1.54) is 0 Å². The van der Waals surface area contributed by atoms with Gasteiger partial charge in [-0.2, -0.15) is 0 Å². The predicted octanol–water partition coefficient (Wildman–Crippen LogP) is -1.88. The second-order valence-corrected chi connectivity index (χ2v) is 1.57. The lowest BCUT2D eigenvalue weighted by atomic mass is 10.4. The lowest BCUT2D eigenvalue weighted by molar-refractivity contribution is -0.128. The number of aliphatic hydroxyl groups excluding tert-OH is 4. The van der Waals surface area contributed by atoms with Crippen LogP contribution in [0, 0.1) is 0 Å². The van der Waals surface area contributed by atoms with Gasteiger partial charge in [0.05, 0.1) is 19.8 Å². The zero-order chi connectivity index (χ0) is 11.1. The van der Waals surface area contributed by atoms with Crippen molar-refractivity contribution in [1.82, 2.24) is 0 Å². The van der Waals surface area contributed by atoms with E-state index in [-0.39, 0.29) is 13.2 Å². The summed E-state index contributed by atoms with van der Waals surface area (Å²) in [5, 5.41) is 31.0. The van der Waals surface area contributed by atoms with Crippen LogP contribution in [0.5, 0.6) is 0 Å². The minimum atomic E-state index is -0.954. The van der Waals surface area contributed by atoms with Gasteiger partial charge in [0.1, 0.15) is 6.10 Å². The van der Waals surface area contributed by atoms with E-state index in [1.54, 1.807) is 6.92 Å². The van der Waals surface area contributed by atoms with Crippen molar-refractivity contribution in [2.75, 3.05) is 26.9 Å². The molecular weight excluding hydrogens is 180 g/mol. The number of hydrogen-bond acceptors (Lipinski definition) is 6. The van der Waals surface area contributed by atoms with E-state index in [4.69, 9.17) is 20.4 Å². The van der Waals surface area contributed by atoms with Gasteiger partial charge in [0.25, 0.3) is 6.47 Å². The molecule has 0 aromatic carbocycles. The second kappa shape index (κ2) is 22.5. The van der Waals surface area contributed by atoms with E-state index < -0.39 is 6.10 Å². The number of rotatable bonds is 4. The first kappa shape index (κ1) is 18.2. The summed E-state index contributed by atoms with van der Waals surface area (Å²) >= 11 is 0. The first-order chi connectivity index (χ1) is 6.22. The molecule has 0 aliphatic carbocycles. The van der Waals surface area contributed by atoms with Gasteiger partial charge < -0.3 is 25.2 Å². The molecule has 0 aliphatic heterocycles. The highest BCUT2D eigenvalue weighted by Crippen LogP contribution is 1.71. The summed E-state index contributed by atoms with van der Waals surface area (Å²) in [6.07, 6.45) is -0.954. The van der Waals surface area contributed by atoms with Crippen LogP contribution in [0.2, 0.25) is 0 Å². The topological polar surface area (TPSA) is 107 Å². The summed E-state index contributed by atoms with van der Waals surface area (Å²) in [4.78, 5) is 9.18. The Morgan fingerprint density at radius 3 is 1.69 bits per heavy atom. The van der Waals surface area contributed by atoms with E-state index in [0.29, 0.717) is 13.1 Å². The zero-order valence-corrected chi connectivity index (χ0v) is 7.88. The molecular formula is C7H18O6. The first-order valence-electron chi connectivity index (χ1n) is 3.62. The molecule has 0 spiro atoms. The van der Waals surface area contributed by atoms with E-state index >= 15 is 0 Å². The van der Waals surface area contributed by atoms with Gasteiger partial charge in [-0.1, -0.05) is 0 Å². The largest absolute Gasteiger partial charge is 0.468 e. The Kier molecular flexibility index (Phi) is 31.4. The number of carbonyl (C=O) groups is 1. The van der Waals surface area contributed by atoms with Crippen molar-refractivity contribution >= 4 is 6.47 Å². The highest BCUT2D eigenvalue weighted by atomic mass is 16.5. The van der Waals surface area contributed by atoms with Crippen LogP contribution in [0.3, 0.4) is 0 Å². The van der Waals surface area contributed by atoms with Gasteiger partial charge in [-0.15, -0.1) is 0 Å². The molecule has 0 amide bonds. The fourth-order valence-electron chi connectivity index (χ4n) is 0.126. The Morgan fingerprint density at radius 1 is 1.31 bits per heavy atom. The molecule has 0 bridgehead atoms. The summed E-state index contributed by atoms with van der Waals surface area (Å²) in [5.74, 6) is 0. The molecule has 0 heterocycles. The standard InChI is InChI=1S/C3H8O3.C3H6O2.CH4O/c4-1-3(6)2-5;1-2-5-3-4;1-2/h3-6H,1-2H2;3H,2H2,1H3;2H,1H3. The van der Waals surface area contributed by atoms with Crippen molar-refractivity contribution in [3.05, 3.63) is 0 Å². The van der Waals surface area contributed by atoms with Gasteiger partial charge in [0, 0.05) is 7.11 Å². The third-order valence-corrected chi connectivity index (χ3v) is 0.656. The average Bonchev–Trinajstić information content (AvgIpc) is 2.22. The molecule has 0 unspecified atom stereocenters. The first-order valence-corrected chi connectivity index (χ1v) is 3.62. The lowest BCUT2D eigenvalue weighted by Crippen LogP contribution is -2.15. The fraction of sp³-hybridized carbons (Fsp3) is 0.857. The minimum absolute atomic E-state index is 0.365. The van der Waals surface area contributed by atoms with Crippen LogP contribution in [0.1, 0.15) is 6.92 Å². The monoisotopic (exact) mass is 198 g/mol. The van der Waals surface area contributed by atoms with Gasteiger partial charge >= 0.3 is 0 Å². The maximum atomic E-state index is 9.18. The van der Waals surface area contributed by atoms with Crippen LogP contribution in [0.4, 0.5) is 0 Å². The van der Waals surface area contributed by atoms with Crippen molar-refractivity contribution < 1.29 is 30.0 Å². The molecule has 0 saturated heterocycles. The molecule has 4 N–H and O–H groups in total. The number of carbonyl (C=O) groups excluding carboxylic acids is 1. The maximum Gasteiger partial charge on any atom is 0.293 e. The molecule has 0 aromatic rings. The van der Waals surface area contributed by atoms with Gasteiger partial charge in [0.2, 0.25) is 0 Å². The minimum Gasteiger partial charge on any atom is -0.468 e. The van der Waals surface area contributed by atoms with Crippen molar-refractivity contribution in [2.45, 2.75) is 13.0 Å². The third kappa shape index (κ3) is 34.8. The molecule has 0 atom stereocenters. The zero-order valence-electron chi connectivity index (χ0n) is 7.88. The quantitative estimate of drug-likeness (QED) is 0.394. The molecule has 0 rings (SSSR count). The predicted molar refractivity (Wildman–Crippen MR) is 46.0 cm³/mol. The van der Waals surface area contributed by atoms with Crippen LogP contribution in [0.25, 0.3) is 0 Å². The number of ether oxygens (including phenoxy) is 1. The summed E-state index contributed by atoms with van der Waals surface area (Å²) in [6.45, 7) is 1.94. The normalized spacial score (nSPS) is 7.62. The Hall–Kier alpha value is -0.690. The average molecular weight is 198 g/mol. The van der Waals surface area contributed by atoms with E-state index in [9.17, 15) is 4.79 Å². The van der Waals surface area contributed by atoms with Crippen LogP contribution >= 0.6 is 0 Å². The Bertz CT molecular complexity index is 73.4. The summed E-state index contributed by atoms with van der Waals surface area (Å²) in [5.41, 5.74) is 0. The van der Waals surface area contributed by atoms with Crippen LogP contribution < -0.4 is 0 Å². The van der Waals surface area contributed by atoms with Crippen molar-refractivity contribution in [3.63, 3.8) is 0 Å². The molecule has 6 heteroatoms. The maximum absolute atomic E-state index is 9.18. The van der Waals surface area contributed by atoms with Gasteiger partial charge in [-0.3, -0.25) is 4.79 Å². The smallest absolute Gasteiger partial charge is 0.293 e. The fourth-order valence-corrected chi connectivity index (χ4v) is 0.126. The molecule has 0 aromatic heterocycles. The Morgan fingerprint density at radius 2 is 1.69 bits per heavy atom. The molecule has 0 aliphatic rings. The summed E-state index contributed by atoms with van der Waals surface area (Å²) in [7, 11) is 1.00. The van der Waals surface area contributed by atoms with Gasteiger partial charge in [-0.05, 0) is 6.92 Å². The van der Waals surface area contributed by atoms with Crippen molar-refractivity contribution in [1.29, 1.82) is 0 Å².